The minimum Gasteiger partial charge on any atom is -0.469 e. The molecule has 4 saturated heterocycles. The first-order valence-electron chi connectivity index (χ1n) is 22.9. The van der Waals surface area contributed by atoms with Crippen LogP contribution in [0.15, 0.2) is 12.1 Å². The van der Waals surface area contributed by atoms with Crippen LogP contribution in [-0.4, -0.2) is 111 Å². The van der Waals surface area contributed by atoms with Gasteiger partial charge in [-0.25, -0.2) is 19.9 Å². The SMILES string of the molecule is COC(=O)C12CCC(C1)C2.COCC12CC(C1)N(c1cc(Cl)nc(C)n1)C2.COCC12CCC(C1)C2.COCC12CNC(C1)C2.Cc1nc(Cl)cc(Cl)n1.OCC12CCC(C1)C2. The van der Waals surface area contributed by atoms with E-state index in [0.29, 0.717) is 55.6 Å². The molecule has 11 aliphatic carbocycles. The lowest BCUT2D eigenvalue weighted by Gasteiger charge is -2.37. The Balaban J connectivity index is 0.000000115. The second kappa shape index (κ2) is 19.9. The number of ether oxygens (including phenoxy) is 4. The van der Waals surface area contributed by atoms with Crippen molar-refractivity contribution in [3.05, 3.63) is 39.2 Å². The fourth-order valence-electron chi connectivity index (χ4n) is 13.1. The van der Waals surface area contributed by atoms with Crippen molar-refractivity contribution in [2.45, 2.75) is 129 Å². The van der Waals surface area contributed by atoms with E-state index < -0.39 is 0 Å². The topological polar surface area (TPSA) is 141 Å². The molecule has 0 radical (unpaired) electrons. The van der Waals surface area contributed by atoms with E-state index >= 15 is 0 Å². The molecule has 11 saturated carbocycles. The number of fused-ring (bicyclic) bond motifs is 5. The van der Waals surface area contributed by atoms with E-state index in [1.807, 2.05) is 20.1 Å². The fraction of sp³-hybridized carbons (Fsp3) is 0.809. The number of esters is 1. The lowest BCUT2D eigenvalue weighted by atomic mass is 9.70. The molecule has 15 aliphatic rings. The van der Waals surface area contributed by atoms with Gasteiger partial charge in [-0.05, 0) is 145 Å². The van der Waals surface area contributed by atoms with Crippen molar-refractivity contribution in [3.63, 3.8) is 0 Å². The summed E-state index contributed by atoms with van der Waals surface area (Å²) < 4.78 is 20.3. The number of nitrogens with one attached hydrogen (secondary N) is 1. The molecule has 6 heterocycles. The Morgan fingerprint density at radius 3 is 1.60 bits per heavy atom. The van der Waals surface area contributed by atoms with Crippen LogP contribution < -0.4 is 10.2 Å². The molecule has 2 N–H and O–H groups in total. The highest BCUT2D eigenvalue weighted by Gasteiger charge is 2.57. The van der Waals surface area contributed by atoms with Gasteiger partial charge in [0.05, 0.1) is 32.3 Å². The van der Waals surface area contributed by atoms with Crippen molar-refractivity contribution in [2.75, 3.05) is 72.9 Å². The standard InChI is InChI=1S/C12H16ClN3O.C8H12O2.C8H14O.C7H13NO.C7H12O.C5H4Cl2N2/c1-8-14-10(13)3-11(15-8)16-6-12(7-17-2)4-9(16)5-12;1-10-7(9)8-3-2-6(4-8)5-8;1-9-6-8-3-2-7(4-8)5-8;1-9-5-7-2-6(3-7)8-4-7;8-5-7-2-1-6(3-7)4-7;1-3-8-4(6)2-5(7)9-3/h3,9H,4-7H2,1-2H3;6H,2-5H2,1H3;7H,2-6H2,1H3;6,8H,2-5H2,1H3;6,8H,1-5H2;2H,1H3. The van der Waals surface area contributed by atoms with Crippen LogP contribution in [0.5, 0.6) is 0 Å². The van der Waals surface area contributed by atoms with Gasteiger partial charge in [-0.15, -0.1) is 0 Å². The number of anilines is 1. The Hall–Kier alpha value is -1.90. The van der Waals surface area contributed by atoms with Gasteiger partial charge in [0.15, 0.2) is 0 Å². The van der Waals surface area contributed by atoms with E-state index in [2.05, 4.69) is 30.2 Å². The average Bonchev–Trinajstić information content (AvgIpc) is 4.01. The maximum atomic E-state index is 11.2. The quantitative estimate of drug-likeness (QED) is 0.183. The molecule has 62 heavy (non-hydrogen) atoms. The van der Waals surface area contributed by atoms with Crippen LogP contribution in [0.1, 0.15) is 114 Å². The van der Waals surface area contributed by atoms with Gasteiger partial charge in [0.2, 0.25) is 0 Å². The fourth-order valence-corrected chi connectivity index (χ4v) is 13.8. The highest BCUT2D eigenvalue weighted by atomic mass is 35.5. The third-order valence-electron chi connectivity index (χ3n) is 16.0. The molecule has 346 valence electrons. The van der Waals surface area contributed by atoms with Gasteiger partial charge < -0.3 is 34.3 Å². The molecule has 0 atom stereocenters. The Kier molecular flexibility index (Phi) is 15.4. The van der Waals surface area contributed by atoms with Crippen LogP contribution in [0.3, 0.4) is 0 Å². The van der Waals surface area contributed by atoms with E-state index in [4.69, 9.17) is 58.9 Å². The summed E-state index contributed by atoms with van der Waals surface area (Å²) in [7, 11) is 6.87. The van der Waals surface area contributed by atoms with Crippen molar-refractivity contribution >= 4 is 46.6 Å². The molecule has 0 amide bonds. The number of halogens is 3. The summed E-state index contributed by atoms with van der Waals surface area (Å²) in [5.41, 5.74) is 1.99. The second-order valence-corrected chi connectivity index (χ2v) is 22.2. The monoisotopic (exact) mass is 920 g/mol. The number of aliphatic hydroxyl groups excluding tert-OH is 1. The Morgan fingerprint density at radius 1 is 0.677 bits per heavy atom. The highest BCUT2D eigenvalue weighted by Crippen LogP contribution is 2.60. The maximum absolute atomic E-state index is 11.2. The summed E-state index contributed by atoms with van der Waals surface area (Å²) >= 11 is 17.0. The van der Waals surface area contributed by atoms with Gasteiger partial charge in [0.25, 0.3) is 0 Å². The largest absolute Gasteiger partial charge is 0.469 e. The van der Waals surface area contributed by atoms with Gasteiger partial charge in [0.1, 0.15) is 32.9 Å². The van der Waals surface area contributed by atoms with Crippen molar-refractivity contribution in [3.8, 4) is 0 Å². The molecule has 10 bridgehead atoms. The zero-order chi connectivity index (χ0) is 44.3. The second-order valence-electron chi connectivity index (χ2n) is 21.0. The first kappa shape index (κ1) is 48.0. The number of hydrogen-bond acceptors (Lipinski definition) is 12. The molecule has 0 unspecified atom stereocenters. The predicted octanol–water partition coefficient (Wildman–Crippen LogP) is 8.87. The molecule has 0 spiro atoms. The van der Waals surface area contributed by atoms with E-state index in [1.165, 1.54) is 103 Å². The summed E-state index contributed by atoms with van der Waals surface area (Å²) in [5, 5.41) is 13.6. The van der Waals surface area contributed by atoms with E-state index in [9.17, 15) is 4.79 Å². The Bertz CT molecular complexity index is 1700. The molecular formula is C47H71Cl3N6O6. The first-order valence-corrected chi connectivity index (χ1v) is 24.1. The normalized spacial score (nSPS) is 36.9. The zero-order valence-electron chi connectivity index (χ0n) is 38.0. The molecule has 2 aromatic rings. The maximum Gasteiger partial charge on any atom is 0.311 e. The van der Waals surface area contributed by atoms with Crippen LogP contribution in [-0.2, 0) is 23.7 Å². The minimum atomic E-state index is -0.0145. The molecule has 12 nitrogen and oxygen atoms in total. The van der Waals surface area contributed by atoms with Gasteiger partial charge in [-0.2, -0.15) is 0 Å². The van der Waals surface area contributed by atoms with Crippen molar-refractivity contribution < 1.29 is 28.8 Å². The first-order chi connectivity index (χ1) is 29.6. The van der Waals surface area contributed by atoms with Crippen LogP contribution >= 0.6 is 34.8 Å². The molecule has 0 aromatic carbocycles. The molecule has 17 rings (SSSR count). The number of rotatable bonds is 9. The lowest BCUT2D eigenvalue weighted by Crippen LogP contribution is -2.37. The van der Waals surface area contributed by atoms with Crippen LogP contribution in [0, 0.1) is 58.7 Å². The number of hydrogen-bond donors (Lipinski definition) is 2. The van der Waals surface area contributed by atoms with Gasteiger partial charge in [-0.1, -0.05) is 34.8 Å². The molecule has 15 heteroatoms. The average molecular weight is 922 g/mol. The van der Waals surface area contributed by atoms with Crippen LogP contribution in [0.4, 0.5) is 5.82 Å². The summed E-state index contributed by atoms with van der Waals surface area (Å²) in [6.45, 7) is 9.09. The van der Waals surface area contributed by atoms with Crippen LogP contribution in [0.2, 0.25) is 15.5 Å². The summed E-state index contributed by atoms with van der Waals surface area (Å²) in [4.78, 5) is 29.7. The van der Waals surface area contributed by atoms with Crippen molar-refractivity contribution in [2.24, 2.45) is 44.8 Å². The smallest absolute Gasteiger partial charge is 0.311 e. The zero-order valence-corrected chi connectivity index (χ0v) is 40.2. The minimum absolute atomic E-state index is 0.0145. The van der Waals surface area contributed by atoms with E-state index in [1.54, 1.807) is 21.1 Å². The highest BCUT2D eigenvalue weighted by molar-refractivity contribution is 6.33. The third-order valence-corrected chi connectivity index (χ3v) is 16.6. The third kappa shape index (κ3) is 10.9. The Morgan fingerprint density at radius 2 is 1.18 bits per heavy atom. The van der Waals surface area contributed by atoms with Gasteiger partial charge in [-0.3, -0.25) is 4.79 Å². The number of carbonyl (C=O) groups excluding carboxylic acids is 1. The van der Waals surface area contributed by atoms with Gasteiger partial charge in [0, 0.05) is 76.1 Å². The molecule has 2 aromatic heterocycles. The van der Waals surface area contributed by atoms with E-state index in [0.717, 1.165) is 81.1 Å². The number of aliphatic hydroxyl groups is 1. The Labute approximate surface area is 384 Å². The number of aryl methyl sites for hydroxylation is 2. The number of methoxy groups -OCH3 is 4. The predicted molar refractivity (Wildman–Crippen MR) is 243 cm³/mol. The summed E-state index contributed by atoms with van der Waals surface area (Å²) in [6.07, 6.45) is 20.8. The number of aromatic nitrogens is 4. The van der Waals surface area contributed by atoms with E-state index in [-0.39, 0.29) is 11.4 Å². The van der Waals surface area contributed by atoms with Gasteiger partial charge >= 0.3 is 5.97 Å². The lowest BCUT2D eigenvalue weighted by molar-refractivity contribution is -0.157. The van der Waals surface area contributed by atoms with Crippen molar-refractivity contribution in [1.82, 2.24) is 25.3 Å². The molecule has 4 aliphatic heterocycles. The molecular weight excluding hydrogens is 851 g/mol. The molecule has 15 fully saturated rings. The van der Waals surface area contributed by atoms with Crippen LogP contribution in [0.25, 0.3) is 0 Å². The van der Waals surface area contributed by atoms with Crippen molar-refractivity contribution in [1.29, 1.82) is 0 Å². The number of nitrogens with zero attached hydrogens (tertiary/aromatic N) is 5. The summed E-state index contributed by atoms with van der Waals surface area (Å²) in [6, 6.07) is 4.79. The summed E-state index contributed by atoms with van der Waals surface area (Å²) in [5.74, 6) is 5.25. The number of carbonyl (C=O) groups is 1.